The number of carbonyl (C=O) groups is 2. The van der Waals surface area contributed by atoms with E-state index in [1.54, 1.807) is 60.6 Å². The normalized spacial score (nSPS) is 14.2. The van der Waals surface area contributed by atoms with Crippen LogP contribution in [0.2, 0.25) is 0 Å². The molecule has 0 spiro atoms. The van der Waals surface area contributed by atoms with Crippen LogP contribution in [0.4, 0.5) is 5.69 Å². The number of aliphatic hydroxyl groups is 1. The molecule has 0 heterocycles. The lowest BCUT2D eigenvalue weighted by atomic mass is 9.88. The van der Waals surface area contributed by atoms with E-state index < -0.39 is 35.2 Å². The van der Waals surface area contributed by atoms with E-state index in [-0.39, 0.29) is 6.42 Å². The molecule has 0 aliphatic rings. The van der Waals surface area contributed by atoms with Gasteiger partial charge in [0.05, 0.1) is 25.6 Å². The maximum Gasteiger partial charge on any atom is 0.313 e. The number of nitrogens with two attached hydrogens (primary N) is 1. The summed E-state index contributed by atoms with van der Waals surface area (Å²) in [6, 6.07) is 3.27. The first kappa shape index (κ1) is 23.8. The van der Waals surface area contributed by atoms with Crippen LogP contribution in [-0.4, -0.2) is 35.4 Å². The third-order valence-electron chi connectivity index (χ3n) is 3.91. The molecule has 0 amide bonds. The highest BCUT2D eigenvalue weighted by Crippen LogP contribution is 2.37. The van der Waals surface area contributed by atoms with E-state index in [1.165, 1.54) is 7.11 Å². The average molecular weight is 395 g/mol. The molecule has 0 bridgehead atoms. The van der Waals surface area contributed by atoms with E-state index in [1.807, 2.05) is 0 Å². The molecule has 28 heavy (non-hydrogen) atoms. The molecule has 1 aromatic rings. The minimum atomic E-state index is -1.36. The highest BCUT2D eigenvalue weighted by molar-refractivity contribution is 5.81. The van der Waals surface area contributed by atoms with Crippen molar-refractivity contribution in [3.05, 3.63) is 23.3 Å². The Bertz CT molecular complexity index is 715. The molecule has 158 valence electrons. The van der Waals surface area contributed by atoms with Gasteiger partial charge in [-0.2, -0.15) is 0 Å². The number of aliphatic hydroxyl groups excluding tert-OH is 1. The zero-order valence-corrected chi connectivity index (χ0v) is 18.1. The quantitative estimate of drug-likeness (QED) is 0.562. The summed E-state index contributed by atoms with van der Waals surface area (Å²) in [7, 11) is 1.50. The fourth-order valence-electron chi connectivity index (χ4n) is 2.81. The summed E-state index contributed by atoms with van der Waals surface area (Å²) >= 11 is 0. The fraction of sp³-hybridized carbons (Fsp3) is 0.619. The Labute approximate surface area is 167 Å². The zero-order valence-electron chi connectivity index (χ0n) is 18.1. The number of esters is 2. The van der Waals surface area contributed by atoms with Crippen molar-refractivity contribution in [3.63, 3.8) is 0 Å². The zero-order chi connectivity index (χ0) is 21.9. The van der Waals surface area contributed by atoms with Gasteiger partial charge >= 0.3 is 11.9 Å². The Morgan fingerprint density at radius 2 is 1.61 bits per heavy atom. The van der Waals surface area contributed by atoms with E-state index in [9.17, 15) is 14.7 Å². The van der Waals surface area contributed by atoms with Crippen LogP contribution in [0.15, 0.2) is 12.1 Å². The van der Waals surface area contributed by atoms with Gasteiger partial charge in [-0.05, 0) is 66.2 Å². The van der Waals surface area contributed by atoms with Crippen molar-refractivity contribution < 1.29 is 28.9 Å². The SMILES string of the molecule is COc1ccc(N)c(C(O)C(CC(=O)OC(C)(C)C)C(=O)OC(C)(C)C)c1C. The number of hydrogen-bond donors (Lipinski definition) is 2. The van der Waals surface area contributed by atoms with Crippen LogP contribution in [0, 0.1) is 12.8 Å². The first-order valence-electron chi connectivity index (χ1n) is 9.22. The molecule has 7 heteroatoms. The predicted octanol–water partition coefficient (Wildman–Crippen LogP) is 3.31. The maximum atomic E-state index is 12.8. The molecule has 0 aromatic heterocycles. The van der Waals surface area contributed by atoms with Gasteiger partial charge in [-0.15, -0.1) is 0 Å². The monoisotopic (exact) mass is 395 g/mol. The van der Waals surface area contributed by atoms with Crippen molar-refractivity contribution in [1.29, 1.82) is 0 Å². The van der Waals surface area contributed by atoms with Gasteiger partial charge in [-0.1, -0.05) is 0 Å². The molecule has 7 nitrogen and oxygen atoms in total. The number of ether oxygens (including phenoxy) is 3. The minimum absolute atomic E-state index is 0.295. The lowest BCUT2D eigenvalue weighted by molar-refractivity contribution is -0.171. The summed E-state index contributed by atoms with van der Waals surface area (Å²) < 4.78 is 16.0. The summed E-state index contributed by atoms with van der Waals surface area (Å²) in [6.45, 7) is 12.1. The summed E-state index contributed by atoms with van der Waals surface area (Å²) in [5, 5.41) is 11.0. The molecule has 2 atom stereocenters. The average Bonchev–Trinajstić information content (AvgIpc) is 2.49. The van der Waals surface area contributed by atoms with Crippen molar-refractivity contribution in [3.8, 4) is 5.75 Å². The third-order valence-corrected chi connectivity index (χ3v) is 3.91. The summed E-state index contributed by atoms with van der Waals surface area (Å²) in [4.78, 5) is 25.2. The Hall–Kier alpha value is -2.28. The lowest BCUT2D eigenvalue weighted by Gasteiger charge is -2.29. The number of anilines is 1. The van der Waals surface area contributed by atoms with E-state index in [0.717, 1.165) is 0 Å². The van der Waals surface area contributed by atoms with Gasteiger partial charge in [0, 0.05) is 11.3 Å². The van der Waals surface area contributed by atoms with E-state index in [0.29, 0.717) is 22.6 Å². The van der Waals surface area contributed by atoms with Crippen molar-refractivity contribution in [2.75, 3.05) is 12.8 Å². The second-order valence-electron chi connectivity index (χ2n) is 8.77. The molecule has 0 saturated carbocycles. The minimum Gasteiger partial charge on any atom is -0.496 e. The third kappa shape index (κ3) is 6.71. The number of benzene rings is 1. The van der Waals surface area contributed by atoms with Crippen molar-refractivity contribution in [1.82, 2.24) is 0 Å². The predicted molar refractivity (Wildman–Crippen MR) is 107 cm³/mol. The number of nitrogen functional groups attached to an aromatic ring is 1. The molecule has 0 radical (unpaired) electrons. The van der Waals surface area contributed by atoms with E-state index in [4.69, 9.17) is 19.9 Å². The summed E-state index contributed by atoms with van der Waals surface area (Å²) in [6.07, 6.45) is -1.71. The van der Waals surface area contributed by atoms with Gasteiger partial charge in [-0.25, -0.2) is 0 Å². The maximum absolute atomic E-state index is 12.8. The van der Waals surface area contributed by atoms with Gasteiger partial charge in [0.1, 0.15) is 17.0 Å². The molecule has 3 N–H and O–H groups in total. The highest BCUT2D eigenvalue weighted by Gasteiger charge is 2.37. The van der Waals surface area contributed by atoms with E-state index in [2.05, 4.69) is 0 Å². The van der Waals surface area contributed by atoms with Gasteiger partial charge in [0.25, 0.3) is 0 Å². The number of methoxy groups -OCH3 is 1. The van der Waals surface area contributed by atoms with Gasteiger partial charge < -0.3 is 25.1 Å². The number of hydrogen-bond acceptors (Lipinski definition) is 7. The van der Waals surface area contributed by atoms with Crippen LogP contribution < -0.4 is 10.5 Å². The highest BCUT2D eigenvalue weighted by atomic mass is 16.6. The molecule has 2 unspecified atom stereocenters. The van der Waals surface area contributed by atoms with Crippen LogP contribution in [0.3, 0.4) is 0 Å². The van der Waals surface area contributed by atoms with E-state index >= 15 is 0 Å². The topological polar surface area (TPSA) is 108 Å². The molecule has 0 fully saturated rings. The molecule has 0 saturated heterocycles. The standard InChI is InChI=1S/C21H33NO6/c1-12-15(26-8)10-9-14(22)17(12)18(24)13(19(25)28-21(5,6)7)11-16(23)27-20(2,3)4/h9-10,13,18,24H,11,22H2,1-8H3. The van der Waals surface area contributed by atoms with Crippen LogP contribution in [0.5, 0.6) is 5.75 Å². The Balaban J connectivity index is 3.31. The number of carbonyl (C=O) groups excluding carboxylic acids is 2. The Morgan fingerprint density at radius 1 is 1.07 bits per heavy atom. The Morgan fingerprint density at radius 3 is 2.07 bits per heavy atom. The van der Waals surface area contributed by atoms with Crippen LogP contribution >= 0.6 is 0 Å². The smallest absolute Gasteiger partial charge is 0.313 e. The lowest BCUT2D eigenvalue weighted by Crippen LogP contribution is -2.35. The molecule has 0 aliphatic heterocycles. The van der Waals surface area contributed by atoms with Crippen molar-refractivity contribution in [2.24, 2.45) is 5.92 Å². The summed E-state index contributed by atoms with van der Waals surface area (Å²) in [5.41, 5.74) is 5.78. The first-order chi connectivity index (χ1) is 12.7. The van der Waals surface area contributed by atoms with Crippen molar-refractivity contribution >= 4 is 17.6 Å². The number of rotatable bonds is 6. The second kappa shape index (κ2) is 8.82. The molecular formula is C21H33NO6. The molecule has 1 rings (SSSR count). The van der Waals surface area contributed by atoms with Crippen molar-refractivity contribution in [2.45, 2.75) is 72.2 Å². The van der Waals surface area contributed by atoms with Gasteiger partial charge in [0.15, 0.2) is 0 Å². The van der Waals surface area contributed by atoms with Crippen LogP contribution in [0.1, 0.15) is 65.2 Å². The van der Waals surface area contributed by atoms with Crippen LogP contribution in [0.25, 0.3) is 0 Å². The fourth-order valence-corrected chi connectivity index (χ4v) is 2.81. The van der Waals surface area contributed by atoms with Gasteiger partial charge in [-0.3, -0.25) is 9.59 Å². The molecule has 1 aromatic carbocycles. The Kier molecular flexibility index (Phi) is 7.48. The second-order valence-corrected chi connectivity index (χ2v) is 8.77. The van der Waals surface area contributed by atoms with Crippen LogP contribution in [-0.2, 0) is 19.1 Å². The van der Waals surface area contributed by atoms with Gasteiger partial charge in [0.2, 0.25) is 0 Å². The molecular weight excluding hydrogens is 362 g/mol. The first-order valence-corrected chi connectivity index (χ1v) is 9.22. The molecule has 0 aliphatic carbocycles. The summed E-state index contributed by atoms with van der Waals surface area (Å²) in [5.74, 6) is -1.97. The largest absolute Gasteiger partial charge is 0.496 e.